The molecular formula is C17H31NO. The van der Waals surface area contributed by atoms with Crippen LogP contribution in [0.15, 0.2) is 0 Å². The molecule has 2 nitrogen and oxygen atoms in total. The van der Waals surface area contributed by atoms with Crippen LogP contribution >= 0.6 is 0 Å². The van der Waals surface area contributed by atoms with Crippen LogP contribution in [0.25, 0.3) is 0 Å². The molecule has 19 heavy (non-hydrogen) atoms. The van der Waals surface area contributed by atoms with Crippen molar-refractivity contribution in [1.82, 2.24) is 5.32 Å². The minimum absolute atomic E-state index is 0.291. The Morgan fingerprint density at radius 1 is 1.00 bits per heavy atom. The van der Waals surface area contributed by atoms with Gasteiger partial charge in [-0.3, -0.25) is 0 Å². The van der Waals surface area contributed by atoms with Gasteiger partial charge in [-0.2, -0.15) is 0 Å². The monoisotopic (exact) mass is 265 g/mol. The maximum Gasteiger partial charge on any atom is 0.0708 e. The molecular weight excluding hydrogens is 234 g/mol. The molecule has 0 bridgehead atoms. The molecule has 4 atom stereocenters. The van der Waals surface area contributed by atoms with Gasteiger partial charge in [0.15, 0.2) is 0 Å². The Balaban J connectivity index is 1.44. The third kappa shape index (κ3) is 3.00. The summed E-state index contributed by atoms with van der Waals surface area (Å²) in [6, 6.07) is 0.738. The van der Waals surface area contributed by atoms with E-state index in [9.17, 15) is 0 Å². The van der Waals surface area contributed by atoms with Crippen molar-refractivity contribution >= 4 is 0 Å². The zero-order valence-electron chi connectivity index (χ0n) is 12.8. The van der Waals surface area contributed by atoms with Crippen LogP contribution in [0.1, 0.15) is 71.6 Å². The zero-order valence-corrected chi connectivity index (χ0v) is 12.8. The summed E-state index contributed by atoms with van der Waals surface area (Å²) in [5.41, 5.74) is 0.291. The Bertz CT molecular complexity index is 298. The molecule has 1 saturated heterocycles. The molecule has 3 aliphatic rings. The summed E-state index contributed by atoms with van der Waals surface area (Å²) in [4.78, 5) is 0. The maximum absolute atomic E-state index is 6.45. The lowest BCUT2D eigenvalue weighted by Gasteiger charge is -2.33. The van der Waals surface area contributed by atoms with E-state index in [0.717, 1.165) is 24.4 Å². The van der Waals surface area contributed by atoms with Crippen LogP contribution in [0.2, 0.25) is 0 Å². The second-order valence-corrected chi connectivity index (χ2v) is 7.45. The molecule has 2 heteroatoms. The summed E-state index contributed by atoms with van der Waals surface area (Å²) >= 11 is 0. The lowest BCUT2D eigenvalue weighted by atomic mass is 9.83. The lowest BCUT2D eigenvalue weighted by Crippen LogP contribution is -2.39. The fraction of sp³-hybridized carbons (Fsp3) is 1.00. The standard InChI is InChI=1S/C17H31NO/c1-13-6-7-16(14(13)2)18-12-15-8-11-17(19-15)9-4-3-5-10-17/h13-16,18H,3-12H2,1-2H3. The van der Waals surface area contributed by atoms with E-state index in [4.69, 9.17) is 4.74 Å². The Labute approximate surface area is 118 Å². The minimum atomic E-state index is 0.291. The fourth-order valence-electron chi connectivity index (χ4n) is 4.54. The van der Waals surface area contributed by atoms with Gasteiger partial charge in [-0.25, -0.2) is 0 Å². The van der Waals surface area contributed by atoms with E-state index in [1.807, 2.05) is 0 Å². The molecule has 3 fully saturated rings. The molecule has 4 unspecified atom stereocenters. The molecule has 2 saturated carbocycles. The van der Waals surface area contributed by atoms with Crippen LogP contribution in [-0.2, 0) is 4.74 Å². The molecule has 1 aliphatic heterocycles. The van der Waals surface area contributed by atoms with Crippen LogP contribution in [0, 0.1) is 11.8 Å². The quantitative estimate of drug-likeness (QED) is 0.836. The van der Waals surface area contributed by atoms with Gasteiger partial charge in [0.25, 0.3) is 0 Å². The Morgan fingerprint density at radius 2 is 1.79 bits per heavy atom. The van der Waals surface area contributed by atoms with E-state index in [-0.39, 0.29) is 0 Å². The van der Waals surface area contributed by atoms with Crippen LogP contribution in [0.4, 0.5) is 0 Å². The van der Waals surface area contributed by atoms with Crippen molar-refractivity contribution in [2.24, 2.45) is 11.8 Å². The fourth-order valence-corrected chi connectivity index (χ4v) is 4.54. The number of hydrogen-bond acceptors (Lipinski definition) is 2. The molecule has 0 aromatic heterocycles. The first-order valence-corrected chi connectivity index (χ1v) is 8.60. The topological polar surface area (TPSA) is 21.3 Å². The summed E-state index contributed by atoms with van der Waals surface area (Å²) in [7, 11) is 0. The summed E-state index contributed by atoms with van der Waals surface area (Å²) in [6.07, 6.45) is 12.7. The Kier molecular flexibility index (Phi) is 4.19. The van der Waals surface area contributed by atoms with E-state index in [2.05, 4.69) is 19.2 Å². The number of ether oxygens (including phenoxy) is 1. The molecule has 1 heterocycles. The number of rotatable bonds is 3. The van der Waals surface area contributed by atoms with Gasteiger partial charge < -0.3 is 10.1 Å². The molecule has 0 radical (unpaired) electrons. The van der Waals surface area contributed by atoms with Crippen molar-refractivity contribution in [3.05, 3.63) is 0 Å². The highest BCUT2D eigenvalue weighted by Gasteiger charge is 2.41. The van der Waals surface area contributed by atoms with E-state index in [1.54, 1.807) is 0 Å². The molecule has 0 aromatic carbocycles. The van der Waals surface area contributed by atoms with E-state index in [1.165, 1.54) is 57.8 Å². The minimum Gasteiger partial charge on any atom is -0.370 e. The largest absolute Gasteiger partial charge is 0.370 e. The summed E-state index contributed by atoms with van der Waals surface area (Å²) in [6.45, 7) is 5.90. The first-order chi connectivity index (χ1) is 9.19. The van der Waals surface area contributed by atoms with Crippen LogP contribution in [0.3, 0.4) is 0 Å². The normalized spacial score (nSPS) is 42.0. The molecule has 1 N–H and O–H groups in total. The van der Waals surface area contributed by atoms with Crippen LogP contribution in [-0.4, -0.2) is 24.3 Å². The predicted molar refractivity (Wildman–Crippen MR) is 79.3 cm³/mol. The van der Waals surface area contributed by atoms with E-state index >= 15 is 0 Å². The highest BCUT2D eigenvalue weighted by atomic mass is 16.5. The average molecular weight is 265 g/mol. The van der Waals surface area contributed by atoms with Gasteiger partial charge in [0, 0.05) is 12.6 Å². The number of hydrogen-bond donors (Lipinski definition) is 1. The SMILES string of the molecule is CC1CCC(NCC2CCC3(CCCCC3)O2)C1C. The van der Waals surface area contributed by atoms with Gasteiger partial charge in [-0.05, 0) is 50.4 Å². The van der Waals surface area contributed by atoms with Crippen LogP contribution in [0.5, 0.6) is 0 Å². The third-order valence-electron chi connectivity index (χ3n) is 6.18. The first kappa shape index (κ1) is 13.9. The lowest BCUT2D eigenvalue weighted by molar-refractivity contribution is -0.0631. The van der Waals surface area contributed by atoms with Gasteiger partial charge in [0.1, 0.15) is 0 Å². The van der Waals surface area contributed by atoms with Gasteiger partial charge >= 0.3 is 0 Å². The summed E-state index contributed by atoms with van der Waals surface area (Å²) in [5.74, 6) is 1.73. The Morgan fingerprint density at radius 3 is 2.47 bits per heavy atom. The smallest absolute Gasteiger partial charge is 0.0708 e. The summed E-state index contributed by atoms with van der Waals surface area (Å²) in [5, 5.41) is 3.80. The first-order valence-electron chi connectivity index (χ1n) is 8.60. The molecule has 3 rings (SSSR count). The van der Waals surface area contributed by atoms with Gasteiger partial charge in [-0.15, -0.1) is 0 Å². The second-order valence-electron chi connectivity index (χ2n) is 7.45. The van der Waals surface area contributed by atoms with Gasteiger partial charge in [-0.1, -0.05) is 33.1 Å². The van der Waals surface area contributed by atoms with Gasteiger partial charge in [0.2, 0.25) is 0 Å². The average Bonchev–Trinajstić information content (AvgIpc) is 2.95. The Hall–Kier alpha value is -0.0800. The molecule has 0 aromatic rings. The van der Waals surface area contributed by atoms with Crippen molar-refractivity contribution in [1.29, 1.82) is 0 Å². The molecule has 110 valence electrons. The molecule has 2 aliphatic carbocycles. The van der Waals surface area contributed by atoms with E-state index < -0.39 is 0 Å². The zero-order chi connectivity index (χ0) is 13.3. The van der Waals surface area contributed by atoms with E-state index in [0.29, 0.717) is 11.7 Å². The highest BCUT2D eigenvalue weighted by molar-refractivity contribution is 4.93. The second kappa shape index (κ2) is 5.73. The molecule has 1 spiro atoms. The van der Waals surface area contributed by atoms with Crippen molar-refractivity contribution in [2.75, 3.05) is 6.54 Å². The molecule has 0 amide bonds. The third-order valence-corrected chi connectivity index (χ3v) is 6.18. The van der Waals surface area contributed by atoms with Crippen LogP contribution < -0.4 is 5.32 Å². The highest BCUT2D eigenvalue weighted by Crippen LogP contribution is 2.42. The van der Waals surface area contributed by atoms with Crippen molar-refractivity contribution < 1.29 is 4.74 Å². The maximum atomic E-state index is 6.45. The van der Waals surface area contributed by atoms with Crippen molar-refractivity contribution in [3.8, 4) is 0 Å². The number of nitrogens with one attached hydrogen (secondary N) is 1. The summed E-state index contributed by atoms with van der Waals surface area (Å²) < 4.78 is 6.45. The van der Waals surface area contributed by atoms with Gasteiger partial charge in [0.05, 0.1) is 11.7 Å². The van der Waals surface area contributed by atoms with Crippen molar-refractivity contribution in [2.45, 2.75) is 89.4 Å². The van der Waals surface area contributed by atoms with Crippen molar-refractivity contribution in [3.63, 3.8) is 0 Å². The predicted octanol–water partition coefficient (Wildman–Crippen LogP) is 3.89.